The minimum atomic E-state index is -1.87. The molecule has 1 amide bonds. The number of halogens is 5. The van der Waals surface area contributed by atoms with E-state index in [0.717, 1.165) is 4.57 Å². The monoisotopic (exact) mass is 632 g/mol. The van der Waals surface area contributed by atoms with Crippen molar-refractivity contribution in [2.24, 2.45) is 0 Å². The van der Waals surface area contributed by atoms with Gasteiger partial charge in [-0.3, -0.25) is 19.2 Å². The summed E-state index contributed by atoms with van der Waals surface area (Å²) in [6.45, 7) is 0.270. The number of ketones is 1. The smallest absolute Gasteiger partial charge is 0.308 e. The van der Waals surface area contributed by atoms with Gasteiger partial charge in [0.1, 0.15) is 25.3 Å². The molecule has 1 heterocycles. The van der Waals surface area contributed by atoms with Gasteiger partial charge >= 0.3 is 5.97 Å². The number of pyridine rings is 1. The van der Waals surface area contributed by atoms with Crippen molar-refractivity contribution >= 4 is 40.0 Å². The maximum atomic E-state index is 14.1. The predicted molar refractivity (Wildman–Crippen MR) is 152 cm³/mol. The van der Waals surface area contributed by atoms with Gasteiger partial charge in [0.2, 0.25) is 17.5 Å². The Kier molecular flexibility index (Phi) is 10.4. The van der Waals surface area contributed by atoms with Gasteiger partial charge in [0.15, 0.2) is 23.2 Å². The average Bonchev–Trinajstić information content (AvgIpc) is 3.00. The number of carbonyl (C=O) groups is 3. The van der Waals surface area contributed by atoms with E-state index < -0.39 is 77.3 Å². The van der Waals surface area contributed by atoms with Crippen molar-refractivity contribution in [1.29, 1.82) is 0 Å². The zero-order chi connectivity index (χ0) is 32.0. The van der Waals surface area contributed by atoms with Crippen LogP contribution < -0.4 is 15.6 Å². The molecule has 0 bridgehead atoms. The molecule has 8 nitrogen and oxygen atoms in total. The number of esters is 1. The summed E-state index contributed by atoms with van der Waals surface area (Å²) in [6.07, 6.45) is 0.735. The Hall–Kier alpha value is -4.71. The Morgan fingerprint density at radius 2 is 1.64 bits per heavy atom. The van der Waals surface area contributed by atoms with Crippen LogP contribution in [-0.2, 0) is 25.7 Å². The second kappa shape index (κ2) is 14.2. The van der Waals surface area contributed by atoms with Crippen molar-refractivity contribution in [3.63, 3.8) is 0 Å². The van der Waals surface area contributed by atoms with E-state index in [-0.39, 0.29) is 24.5 Å². The number of Topliss-reactive ketones (excluding diaryl/α,β-unsaturated/α-hetero) is 1. The van der Waals surface area contributed by atoms with Gasteiger partial charge in [0, 0.05) is 22.7 Å². The van der Waals surface area contributed by atoms with E-state index in [1.807, 2.05) is 0 Å². The van der Waals surface area contributed by atoms with E-state index in [1.165, 1.54) is 12.3 Å². The highest BCUT2D eigenvalue weighted by Crippen LogP contribution is 2.26. The molecular formula is C31H25ClF4N2O6. The summed E-state index contributed by atoms with van der Waals surface area (Å²) in [5, 5.41) is 3.49. The van der Waals surface area contributed by atoms with Crippen molar-refractivity contribution in [3.05, 3.63) is 111 Å². The number of nitrogens with zero attached hydrogens (tertiary/aromatic N) is 1. The molecule has 0 fully saturated rings. The molecule has 0 saturated heterocycles. The maximum absolute atomic E-state index is 14.1. The highest BCUT2D eigenvalue weighted by atomic mass is 35.5. The molecule has 3 aromatic carbocycles. The van der Waals surface area contributed by atoms with Gasteiger partial charge in [-0.1, -0.05) is 54.9 Å². The number of benzene rings is 3. The molecule has 0 radical (unpaired) electrons. The molecule has 0 aliphatic carbocycles. The van der Waals surface area contributed by atoms with Gasteiger partial charge in [-0.15, -0.1) is 0 Å². The van der Waals surface area contributed by atoms with Crippen LogP contribution in [0.25, 0.3) is 10.8 Å². The lowest BCUT2D eigenvalue weighted by molar-refractivity contribution is -0.147. The van der Waals surface area contributed by atoms with E-state index in [2.05, 4.69) is 5.32 Å². The first-order valence-electron chi connectivity index (χ1n) is 13.3. The fraction of sp³-hybridized carbons (Fsp3) is 0.226. The summed E-state index contributed by atoms with van der Waals surface area (Å²) in [5.41, 5.74) is 0.0940. The van der Waals surface area contributed by atoms with Crippen molar-refractivity contribution in [2.45, 2.75) is 38.5 Å². The summed E-state index contributed by atoms with van der Waals surface area (Å²) in [6, 6.07) is 12.0. The van der Waals surface area contributed by atoms with E-state index in [1.54, 1.807) is 55.5 Å². The molecule has 4 aromatic rings. The molecule has 1 N–H and O–H groups in total. The molecule has 1 aromatic heterocycles. The lowest BCUT2D eigenvalue weighted by Gasteiger charge is -2.23. The topological polar surface area (TPSA) is 104 Å². The average molecular weight is 633 g/mol. The third-order valence-electron chi connectivity index (χ3n) is 6.67. The van der Waals surface area contributed by atoms with Gasteiger partial charge in [0.05, 0.1) is 6.42 Å². The lowest BCUT2D eigenvalue weighted by Crippen LogP contribution is -2.48. The van der Waals surface area contributed by atoms with Gasteiger partial charge in [0.25, 0.3) is 5.56 Å². The Bertz CT molecular complexity index is 1740. The number of ether oxygens (including phenoxy) is 2. The minimum absolute atomic E-state index is 0.0291. The van der Waals surface area contributed by atoms with Crippen LogP contribution in [0.5, 0.6) is 5.75 Å². The van der Waals surface area contributed by atoms with Crippen LogP contribution in [0.4, 0.5) is 17.6 Å². The van der Waals surface area contributed by atoms with Gasteiger partial charge < -0.3 is 19.4 Å². The molecule has 0 spiro atoms. The second-order valence-electron chi connectivity index (χ2n) is 9.65. The Labute approximate surface area is 253 Å². The maximum Gasteiger partial charge on any atom is 0.308 e. The fourth-order valence-corrected chi connectivity index (χ4v) is 4.55. The molecule has 0 aliphatic rings. The van der Waals surface area contributed by atoms with Crippen LogP contribution in [0, 0.1) is 23.3 Å². The van der Waals surface area contributed by atoms with E-state index in [0.29, 0.717) is 16.0 Å². The molecule has 230 valence electrons. The summed E-state index contributed by atoms with van der Waals surface area (Å²) < 4.78 is 66.5. The summed E-state index contributed by atoms with van der Waals surface area (Å²) in [4.78, 5) is 52.4. The summed E-state index contributed by atoms with van der Waals surface area (Å²) >= 11 is 6.04. The number of hydrogen-bond acceptors (Lipinski definition) is 6. The quantitative estimate of drug-likeness (QED) is 0.127. The van der Waals surface area contributed by atoms with Crippen LogP contribution in [0.3, 0.4) is 0 Å². The summed E-state index contributed by atoms with van der Waals surface area (Å²) in [7, 11) is 0. The van der Waals surface area contributed by atoms with Crippen LogP contribution in [0.2, 0.25) is 5.02 Å². The largest absolute Gasteiger partial charge is 0.479 e. The predicted octanol–water partition coefficient (Wildman–Crippen LogP) is 5.43. The first-order chi connectivity index (χ1) is 21.0. The van der Waals surface area contributed by atoms with Gasteiger partial charge in [-0.2, -0.15) is 8.78 Å². The zero-order valence-corrected chi connectivity index (χ0v) is 23.9. The van der Waals surface area contributed by atoms with E-state index >= 15 is 0 Å². The number of hydrogen-bond donors (Lipinski definition) is 1. The van der Waals surface area contributed by atoms with Crippen LogP contribution >= 0.6 is 11.6 Å². The highest BCUT2D eigenvalue weighted by molar-refractivity contribution is 6.31. The summed E-state index contributed by atoms with van der Waals surface area (Å²) in [5.74, 6) is -11.6. The third-order valence-corrected chi connectivity index (χ3v) is 6.90. The number of fused-ring (bicyclic) bond motifs is 1. The van der Waals surface area contributed by atoms with E-state index in [9.17, 15) is 36.7 Å². The Morgan fingerprint density at radius 3 is 2.30 bits per heavy atom. The standard InChI is InChI=1S/C31H25ClF4N2O6/c1-2-24(38-11-10-18-8-9-19(32)12-20(18)31(38)42)30(41)37-23(14-26(40)43-15-17-6-4-3-5-7-17)25(39)16-44-29-27(35)21(33)13-22(34)28(29)36/h3-13,23-24H,2,14-16H2,1H3,(H,37,41)/t23-,24?/m0/s1. The highest BCUT2D eigenvalue weighted by Gasteiger charge is 2.30. The van der Waals surface area contributed by atoms with E-state index in [4.69, 9.17) is 21.1 Å². The fourth-order valence-electron chi connectivity index (χ4n) is 4.38. The normalized spacial score (nSPS) is 12.4. The van der Waals surface area contributed by atoms with Gasteiger partial charge in [-0.05, 0) is 35.6 Å². The van der Waals surface area contributed by atoms with Crippen molar-refractivity contribution < 1.29 is 41.4 Å². The number of aromatic nitrogens is 1. The molecule has 0 saturated carbocycles. The first kappa shape index (κ1) is 32.2. The van der Waals surface area contributed by atoms with Crippen molar-refractivity contribution in [1.82, 2.24) is 9.88 Å². The van der Waals surface area contributed by atoms with Crippen LogP contribution in [-0.4, -0.2) is 34.9 Å². The SMILES string of the molecule is CCC(C(=O)N[C@@H](CC(=O)OCc1ccccc1)C(=O)COc1c(F)c(F)cc(F)c1F)n1ccc2ccc(Cl)cc2c1=O. The zero-order valence-electron chi connectivity index (χ0n) is 23.1. The third kappa shape index (κ3) is 7.43. The second-order valence-corrected chi connectivity index (χ2v) is 10.1. The number of nitrogens with one attached hydrogen (secondary N) is 1. The van der Waals surface area contributed by atoms with Crippen molar-refractivity contribution in [2.75, 3.05) is 6.61 Å². The molecule has 4 rings (SSSR count). The van der Waals surface area contributed by atoms with Crippen molar-refractivity contribution in [3.8, 4) is 5.75 Å². The molecule has 2 atom stereocenters. The lowest BCUT2D eigenvalue weighted by atomic mass is 10.1. The van der Waals surface area contributed by atoms with Gasteiger partial charge in [-0.25, -0.2) is 8.78 Å². The van der Waals surface area contributed by atoms with Crippen LogP contribution in [0.15, 0.2) is 71.7 Å². The molecule has 0 aliphatic heterocycles. The van der Waals surface area contributed by atoms with Crippen LogP contribution in [0.1, 0.15) is 31.4 Å². The first-order valence-corrected chi connectivity index (χ1v) is 13.7. The Balaban J connectivity index is 1.57. The molecule has 44 heavy (non-hydrogen) atoms. The molecule has 1 unspecified atom stereocenters. The number of amides is 1. The molecule has 13 heteroatoms. The Morgan fingerprint density at radius 1 is 0.955 bits per heavy atom. The minimum Gasteiger partial charge on any atom is -0.479 e. The molecular weight excluding hydrogens is 608 g/mol. The number of rotatable bonds is 12. The number of carbonyl (C=O) groups excluding carboxylic acids is 3.